The minimum Gasteiger partial charge on any atom is -0.465 e. The van der Waals surface area contributed by atoms with Gasteiger partial charge in [-0.3, -0.25) is 0 Å². The summed E-state index contributed by atoms with van der Waals surface area (Å²) in [7, 11) is -0.285. The number of carbonyl (C=O) groups is 2. The van der Waals surface area contributed by atoms with Gasteiger partial charge in [-0.25, -0.2) is 22.7 Å². The largest absolute Gasteiger partial charge is 0.465 e. The summed E-state index contributed by atoms with van der Waals surface area (Å²) in [5, 5.41) is 0. The monoisotopic (exact) mass is 365 g/mol. The predicted octanol–water partition coefficient (Wildman–Crippen LogP) is 0.943. The second kappa shape index (κ2) is 7.86. The van der Waals surface area contributed by atoms with Gasteiger partial charge in [0, 0.05) is 13.2 Å². The number of methoxy groups -OCH3 is 3. The molecule has 1 aromatic rings. The van der Waals surface area contributed by atoms with E-state index in [2.05, 4.69) is 14.2 Å². The zero-order valence-electron chi connectivity index (χ0n) is 13.5. The van der Waals surface area contributed by atoms with E-state index in [0.29, 0.717) is 11.3 Å². The first-order chi connectivity index (χ1) is 10.7. The van der Waals surface area contributed by atoms with Gasteiger partial charge in [0.05, 0.1) is 26.4 Å². The Hall–Kier alpha value is -1.49. The van der Waals surface area contributed by atoms with Gasteiger partial charge in [0.2, 0.25) is 0 Å². The van der Waals surface area contributed by atoms with Crippen LogP contribution in [0.25, 0.3) is 0 Å². The lowest BCUT2D eigenvalue weighted by atomic mass is 10.2. The molecule has 0 aliphatic carbocycles. The van der Waals surface area contributed by atoms with Crippen molar-refractivity contribution in [3.05, 3.63) is 16.0 Å². The Morgan fingerprint density at radius 1 is 1.17 bits per heavy atom. The summed E-state index contributed by atoms with van der Waals surface area (Å²) >= 11 is 0.663. The molecule has 0 bridgehead atoms. The average molecular weight is 365 g/mol. The molecule has 1 rings (SSSR count). The summed E-state index contributed by atoms with van der Waals surface area (Å²) in [5.74, 6) is -1.56. The van der Waals surface area contributed by atoms with Crippen LogP contribution in [0.5, 0.6) is 0 Å². The van der Waals surface area contributed by atoms with Crippen molar-refractivity contribution in [2.45, 2.75) is 24.1 Å². The maximum Gasteiger partial charge on any atom is 0.348 e. The number of hydrogen-bond acceptors (Lipinski definition) is 8. The van der Waals surface area contributed by atoms with Gasteiger partial charge in [-0.05, 0) is 19.4 Å². The molecule has 1 N–H and O–H groups in total. The first-order valence-corrected chi connectivity index (χ1v) is 8.80. The van der Waals surface area contributed by atoms with Gasteiger partial charge in [-0.1, -0.05) is 0 Å². The predicted molar refractivity (Wildman–Crippen MR) is 83.4 cm³/mol. The number of thiophene rings is 1. The van der Waals surface area contributed by atoms with E-state index >= 15 is 0 Å². The Morgan fingerprint density at radius 3 is 2.22 bits per heavy atom. The lowest BCUT2D eigenvalue weighted by Gasteiger charge is -2.13. The minimum absolute atomic E-state index is 0.0349. The molecule has 130 valence electrons. The van der Waals surface area contributed by atoms with E-state index in [-0.39, 0.29) is 26.8 Å². The number of carbonyl (C=O) groups excluding carboxylic acids is 2. The minimum atomic E-state index is -4.03. The number of nitrogens with one attached hydrogen (secondary N) is 1. The zero-order valence-corrected chi connectivity index (χ0v) is 15.1. The van der Waals surface area contributed by atoms with Crippen molar-refractivity contribution in [1.29, 1.82) is 0 Å². The standard InChI is InChI=1S/C13H19NO7S2/c1-7(6-19-3)14-23(17,18)13-9(11(15)20-4)8(2)10(22-13)12(16)21-5/h7,14H,6H2,1-5H3/t7-/m1/s1. The molecule has 0 aliphatic heterocycles. The molecule has 0 saturated carbocycles. The van der Waals surface area contributed by atoms with Crippen molar-refractivity contribution >= 4 is 33.3 Å². The fourth-order valence-electron chi connectivity index (χ4n) is 1.90. The number of rotatable bonds is 7. The topological polar surface area (TPSA) is 108 Å². The van der Waals surface area contributed by atoms with Crippen LogP contribution in [0, 0.1) is 6.92 Å². The van der Waals surface area contributed by atoms with Gasteiger partial charge in [0.1, 0.15) is 4.88 Å². The second-order valence-corrected chi connectivity index (χ2v) is 7.61. The zero-order chi connectivity index (χ0) is 17.8. The fourth-order valence-corrected chi connectivity index (χ4v) is 4.89. The van der Waals surface area contributed by atoms with E-state index in [4.69, 9.17) is 4.74 Å². The van der Waals surface area contributed by atoms with Crippen LogP contribution in [-0.4, -0.2) is 54.3 Å². The van der Waals surface area contributed by atoms with E-state index in [1.54, 1.807) is 6.92 Å². The van der Waals surface area contributed by atoms with E-state index in [1.165, 1.54) is 21.1 Å². The molecule has 0 unspecified atom stereocenters. The smallest absolute Gasteiger partial charge is 0.348 e. The van der Waals surface area contributed by atoms with E-state index in [1.807, 2.05) is 0 Å². The van der Waals surface area contributed by atoms with Crippen LogP contribution >= 0.6 is 11.3 Å². The summed E-state index contributed by atoms with van der Waals surface area (Å²) in [6.45, 7) is 3.23. The molecule has 8 nitrogen and oxygen atoms in total. The average Bonchev–Trinajstić information content (AvgIpc) is 2.83. The van der Waals surface area contributed by atoms with Crippen molar-refractivity contribution in [3.63, 3.8) is 0 Å². The van der Waals surface area contributed by atoms with Crippen LogP contribution in [0.4, 0.5) is 0 Å². The Kier molecular flexibility index (Phi) is 6.69. The molecule has 0 aliphatic rings. The third-order valence-corrected chi connectivity index (χ3v) is 6.27. The highest BCUT2D eigenvalue weighted by atomic mass is 32.2. The second-order valence-electron chi connectivity index (χ2n) is 4.68. The lowest BCUT2D eigenvalue weighted by molar-refractivity contribution is 0.0596. The first-order valence-electron chi connectivity index (χ1n) is 6.50. The van der Waals surface area contributed by atoms with Gasteiger partial charge in [-0.15, -0.1) is 11.3 Å². The molecule has 0 saturated heterocycles. The van der Waals surface area contributed by atoms with E-state index in [0.717, 1.165) is 7.11 Å². The molecule has 10 heteroatoms. The summed E-state index contributed by atoms with van der Waals surface area (Å²) in [6, 6.07) is -0.514. The van der Waals surface area contributed by atoms with Crippen LogP contribution in [-0.2, 0) is 24.2 Å². The van der Waals surface area contributed by atoms with Gasteiger partial charge in [-0.2, -0.15) is 0 Å². The summed E-state index contributed by atoms with van der Waals surface area (Å²) in [4.78, 5) is 23.8. The molecule has 0 spiro atoms. The van der Waals surface area contributed by atoms with Crippen molar-refractivity contribution in [2.24, 2.45) is 0 Å². The molecule has 0 radical (unpaired) electrons. The highest BCUT2D eigenvalue weighted by Gasteiger charge is 2.33. The molecule has 0 aromatic carbocycles. The first kappa shape index (κ1) is 19.6. The fraction of sp³-hybridized carbons (Fsp3) is 0.538. The highest BCUT2D eigenvalue weighted by molar-refractivity contribution is 7.91. The van der Waals surface area contributed by atoms with Gasteiger partial charge in [0.15, 0.2) is 4.21 Å². The van der Waals surface area contributed by atoms with Gasteiger partial charge >= 0.3 is 11.9 Å². The van der Waals surface area contributed by atoms with Crippen molar-refractivity contribution in [2.75, 3.05) is 27.9 Å². The Bertz CT molecular complexity index is 693. The molecular formula is C13H19NO7S2. The summed E-state index contributed by atoms with van der Waals surface area (Å²) in [6.07, 6.45) is 0. The van der Waals surface area contributed by atoms with Crippen LogP contribution < -0.4 is 4.72 Å². The third-order valence-electron chi connectivity index (χ3n) is 2.89. The van der Waals surface area contributed by atoms with E-state index < -0.39 is 28.0 Å². The molecule has 23 heavy (non-hydrogen) atoms. The Morgan fingerprint density at radius 2 is 1.74 bits per heavy atom. The summed E-state index contributed by atoms with van der Waals surface area (Å²) < 4.78 is 41.3. The van der Waals surface area contributed by atoms with Crippen molar-refractivity contribution in [1.82, 2.24) is 4.72 Å². The SMILES string of the molecule is COC[C@@H](C)NS(=O)(=O)c1sc(C(=O)OC)c(C)c1C(=O)OC. The quantitative estimate of drug-likeness (QED) is 0.717. The van der Waals surface area contributed by atoms with Crippen LogP contribution in [0.15, 0.2) is 4.21 Å². The normalized spacial score (nSPS) is 12.7. The Balaban J connectivity index is 3.44. The molecule has 1 atom stereocenters. The maximum atomic E-state index is 12.5. The van der Waals surface area contributed by atoms with Crippen LogP contribution in [0.2, 0.25) is 0 Å². The number of sulfonamides is 1. The molecule has 0 fully saturated rings. The molecule has 1 heterocycles. The Labute approximate surface area is 138 Å². The number of hydrogen-bond donors (Lipinski definition) is 1. The number of esters is 2. The van der Waals surface area contributed by atoms with Crippen molar-refractivity contribution in [3.8, 4) is 0 Å². The maximum absolute atomic E-state index is 12.5. The number of ether oxygens (including phenoxy) is 3. The molecule has 0 amide bonds. The van der Waals surface area contributed by atoms with Crippen LogP contribution in [0.1, 0.15) is 32.5 Å². The van der Waals surface area contributed by atoms with Crippen LogP contribution in [0.3, 0.4) is 0 Å². The third kappa shape index (κ3) is 4.28. The van der Waals surface area contributed by atoms with E-state index in [9.17, 15) is 18.0 Å². The van der Waals surface area contributed by atoms with Gasteiger partial charge in [0.25, 0.3) is 10.0 Å². The van der Waals surface area contributed by atoms with Crippen molar-refractivity contribution < 1.29 is 32.2 Å². The summed E-state index contributed by atoms with van der Waals surface area (Å²) in [5.41, 5.74) is 0.0310. The highest BCUT2D eigenvalue weighted by Crippen LogP contribution is 2.33. The van der Waals surface area contributed by atoms with Gasteiger partial charge < -0.3 is 14.2 Å². The lowest BCUT2D eigenvalue weighted by Crippen LogP contribution is -2.35. The molecule has 1 aromatic heterocycles. The molecular weight excluding hydrogens is 346 g/mol.